The Hall–Kier alpha value is -2.89. The number of rotatable bonds is 6. The summed E-state index contributed by atoms with van der Waals surface area (Å²) in [7, 11) is 1.34. The number of nitrogens with one attached hydrogen (secondary N) is 1. The van der Waals surface area contributed by atoms with Gasteiger partial charge in [0, 0.05) is 12.1 Å². The van der Waals surface area contributed by atoms with Crippen LogP contribution in [0.3, 0.4) is 0 Å². The summed E-state index contributed by atoms with van der Waals surface area (Å²) >= 11 is 0. The van der Waals surface area contributed by atoms with Gasteiger partial charge in [-0.1, -0.05) is 12.1 Å². The fourth-order valence-electron chi connectivity index (χ4n) is 2.70. The second kappa shape index (κ2) is 7.34. The first-order valence-corrected chi connectivity index (χ1v) is 8.29. The lowest BCUT2D eigenvalue weighted by atomic mass is 10.1. The minimum atomic E-state index is -0.383. The number of methoxy groups -OCH3 is 1. The van der Waals surface area contributed by atoms with E-state index in [1.54, 1.807) is 42.6 Å². The number of esters is 1. The third-order valence-corrected chi connectivity index (χ3v) is 4.37. The van der Waals surface area contributed by atoms with Crippen LogP contribution in [0, 0.1) is 5.92 Å². The van der Waals surface area contributed by atoms with E-state index >= 15 is 0 Å². The molecule has 0 radical (unpaired) electrons. The highest BCUT2D eigenvalue weighted by molar-refractivity contribution is 6.01. The number of nitrogens with zero attached hydrogens (tertiary/aromatic N) is 2. The van der Waals surface area contributed by atoms with Gasteiger partial charge in [0.25, 0.3) is 0 Å². The second-order valence-electron chi connectivity index (χ2n) is 6.18. The van der Waals surface area contributed by atoms with Crippen molar-refractivity contribution in [2.75, 3.05) is 12.4 Å². The lowest BCUT2D eigenvalue weighted by Gasteiger charge is -2.14. The summed E-state index contributed by atoms with van der Waals surface area (Å²) in [5.74, 6) is 0.752. The Bertz CT molecular complexity index is 789. The van der Waals surface area contributed by atoms with E-state index in [2.05, 4.69) is 22.1 Å². The van der Waals surface area contributed by atoms with Crippen LogP contribution in [0.5, 0.6) is 0 Å². The Balaban J connectivity index is 1.62. The average Bonchev–Trinajstić information content (AvgIpc) is 3.39. The molecule has 25 heavy (non-hydrogen) atoms. The van der Waals surface area contributed by atoms with Gasteiger partial charge in [0.1, 0.15) is 5.82 Å². The summed E-state index contributed by atoms with van der Waals surface area (Å²) < 4.78 is 6.52. The fraction of sp³-hybridized carbons (Fsp3) is 0.316. The summed E-state index contributed by atoms with van der Waals surface area (Å²) in [4.78, 5) is 23.5. The Kier molecular flexibility index (Phi) is 4.97. The molecule has 1 N–H and O–H groups in total. The second-order valence-corrected chi connectivity index (χ2v) is 6.18. The summed E-state index contributed by atoms with van der Waals surface area (Å²) in [5.41, 5.74) is 1.30. The molecule has 0 bridgehead atoms. The quantitative estimate of drug-likeness (QED) is 0.647. The minimum Gasteiger partial charge on any atom is -0.465 e. The van der Waals surface area contributed by atoms with Crippen molar-refractivity contribution in [3.63, 3.8) is 0 Å². The van der Waals surface area contributed by atoms with Gasteiger partial charge in [0.2, 0.25) is 5.91 Å². The van der Waals surface area contributed by atoms with E-state index < -0.39 is 0 Å². The number of anilines is 1. The van der Waals surface area contributed by atoms with E-state index in [9.17, 15) is 9.59 Å². The SMILES string of the molecule is COC(=O)c1ccc(/C=C/C(=O)Nc2ccnn2C(C)C2CC2)cc1. The Morgan fingerprint density at radius 1 is 1.28 bits per heavy atom. The van der Waals surface area contributed by atoms with E-state index in [0.717, 1.165) is 5.56 Å². The molecular formula is C19H21N3O3. The average molecular weight is 339 g/mol. The van der Waals surface area contributed by atoms with Crippen LogP contribution >= 0.6 is 0 Å². The molecule has 1 heterocycles. The van der Waals surface area contributed by atoms with E-state index in [-0.39, 0.29) is 11.9 Å². The number of hydrogen-bond acceptors (Lipinski definition) is 4. The molecule has 1 saturated carbocycles. The normalized spacial score (nSPS) is 15.1. The van der Waals surface area contributed by atoms with Gasteiger partial charge in [-0.2, -0.15) is 5.10 Å². The summed E-state index contributed by atoms with van der Waals surface area (Å²) in [5, 5.41) is 7.18. The highest BCUT2D eigenvalue weighted by Crippen LogP contribution is 2.40. The lowest BCUT2D eigenvalue weighted by molar-refractivity contribution is -0.111. The molecule has 3 rings (SSSR count). The first-order chi connectivity index (χ1) is 12.1. The largest absolute Gasteiger partial charge is 0.465 e. The molecule has 1 aromatic carbocycles. The number of carbonyl (C=O) groups excluding carboxylic acids is 2. The Morgan fingerprint density at radius 3 is 2.64 bits per heavy atom. The molecule has 0 aliphatic heterocycles. The smallest absolute Gasteiger partial charge is 0.337 e. The maximum absolute atomic E-state index is 12.2. The maximum atomic E-state index is 12.2. The van der Waals surface area contributed by atoms with Gasteiger partial charge < -0.3 is 10.1 Å². The molecule has 1 aliphatic rings. The molecule has 0 saturated heterocycles. The number of aromatic nitrogens is 2. The molecule has 1 aliphatic carbocycles. The molecule has 1 aromatic heterocycles. The van der Waals surface area contributed by atoms with Crippen molar-refractivity contribution < 1.29 is 14.3 Å². The van der Waals surface area contributed by atoms with Crippen molar-refractivity contribution in [2.24, 2.45) is 5.92 Å². The molecular weight excluding hydrogens is 318 g/mol. The standard InChI is InChI=1S/C19H21N3O3/c1-13(15-8-9-15)22-17(11-12-20-22)21-18(23)10-5-14-3-6-16(7-4-14)19(24)25-2/h3-7,10-13,15H,8-9H2,1-2H3,(H,21,23)/b10-5+. The third-order valence-electron chi connectivity index (χ3n) is 4.37. The molecule has 0 spiro atoms. The lowest BCUT2D eigenvalue weighted by Crippen LogP contribution is -2.16. The van der Waals surface area contributed by atoms with Gasteiger partial charge in [-0.25, -0.2) is 9.48 Å². The topological polar surface area (TPSA) is 73.2 Å². The number of hydrogen-bond donors (Lipinski definition) is 1. The van der Waals surface area contributed by atoms with E-state index in [0.29, 0.717) is 23.3 Å². The van der Waals surface area contributed by atoms with Crippen LogP contribution in [0.15, 0.2) is 42.6 Å². The van der Waals surface area contributed by atoms with Gasteiger partial charge in [-0.05, 0) is 49.5 Å². The van der Waals surface area contributed by atoms with Crippen LogP contribution in [0.1, 0.15) is 41.7 Å². The fourth-order valence-corrected chi connectivity index (χ4v) is 2.70. The van der Waals surface area contributed by atoms with Gasteiger partial charge >= 0.3 is 5.97 Å². The van der Waals surface area contributed by atoms with E-state index in [1.165, 1.54) is 26.0 Å². The predicted octanol–water partition coefficient (Wildman–Crippen LogP) is 3.29. The summed E-state index contributed by atoms with van der Waals surface area (Å²) in [6.07, 6.45) is 7.29. The first-order valence-electron chi connectivity index (χ1n) is 8.29. The molecule has 2 aromatic rings. The van der Waals surface area contributed by atoms with Gasteiger partial charge in [-0.3, -0.25) is 4.79 Å². The maximum Gasteiger partial charge on any atom is 0.337 e. The van der Waals surface area contributed by atoms with Crippen molar-refractivity contribution in [1.82, 2.24) is 9.78 Å². The van der Waals surface area contributed by atoms with E-state index in [1.807, 2.05) is 4.68 Å². The Morgan fingerprint density at radius 2 is 2.00 bits per heavy atom. The van der Waals surface area contributed by atoms with Crippen LogP contribution in [-0.4, -0.2) is 28.8 Å². The van der Waals surface area contributed by atoms with E-state index in [4.69, 9.17) is 0 Å². The van der Waals surface area contributed by atoms with Crippen LogP contribution in [0.4, 0.5) is 5.82 Å². The summed E-state index contributed by atoms with van der Waals surface area (Å²) in [6, 6.07) is 8.94. The van der Waals surface area contributed by atoms with Gasteiger partial charge in [0.15, 0.2) is 0 Å². The molecule has 1 unspecified atom stereocenters. The van der Waals surface area contributed by atoms with Crippen LogP contribution < -0.4 is 5.32 Å². The van der Waals surface area contributed by atoms with Crippen molar-refractivity contribution >= 4 is 23.8 Å². The number of ether oxygens (including phenoxy) is 1. The molecule has 1 atom stereocenters. The minimum absolute atomic E-state index is 0.221. The molecule has 130 valence electrons. The summed E-state index contributed by atoms with van der Waals surface area (Å²) in [6.45, 7) is 2.12. The van der Waals surface area contributed by atoms with Crippen molar-refractivity contribution in [3.8, 4) is 0 Å². The van der Waals surface area contributed by atoms with Crippen molar-refractivity contribution in [2.45, 2.75) is 25.8 Å². The zero-order valence-corrected chi connectivity index (χ0v) is 14.3. The number of benzene rings is 1. The monoisotopic (exact) mass is 339 g/mol. The predicted molar refractivity (Wildman–Crippen MR) is 95.1 cm³/mol. The molecule has 6 nitrogen and oxygen atoms in total. The van der Waals surface area contributed by atoms with Crippen molar-refractivity contribution in [3.05, 3.63) is 53.7 Å². The number of carbonyl (C=O) groups is 2. The van der Waals surface area contributed by atoms with Crippen LogP contribution in [0.2, 0.25) is 0 Å². The van der Waals surface area contributed by atoms with Crippen LogP contribution in [0.25, 0.3) is 6.08 Å². The Labute approximate surface area is 146 Å². The molecule has 1 amide bonds. The third kappa shape index (κ3) is 4.15. The zero-order chi connectivity index (χ0) is 17.8. The van der Waals surface area contributed by atoms with Crippen LogP contribution in [-0.2, 0) is 9.53 Å². The zero-order valence-electron chi connectivity index (χ0n) is 14.3. The first kappa shape index (κ1) is 17.0. The highest BCUT2D eigenvalue weighted by Gasteiger charge is 2.30. The highest BCUT2D eigenvalue weighted by atomic mass is 16.5. The molecule has 6 heteroatoms. The van der Waals surface area contributed by atoms with Gasteiger partial charge in [0.05, 0.1) is 24.9 Å². The molecule has 1 fully saturated rings. The number of amides is 1. The van der Waals surface area contributed by atoms with Gasteiger partial charge in [-0.15, -0.1) is 0 Å². The van der Waals surface area contributed by atoms with Crippen molar-refractivity contribution in [1.29, 1.82) is 0 Å².